The standard InChI is InChI=1S/C17H29N3O/c1-21-17-15(8-6-12-19-17)14-20(13-7-11-18)16-9-4-2-3-5-10-16/h6,8,12,16H,2-5,7,9-11,13-14,18H2,1H3. The second kappa shape index (κ2) is 9.00. The molecule has 2 rings (SSSR count). The smallest absolute Gasteiger partial charge is 0.217 e. The van der Waals surface area contributed by atoms with E-state index in [1.165, 1.54) is 44.1 Å². The summed E-state index contributed by atoms with van der Waals surface area (Å²) in [5.74, 6) is 0.754. The van der Waals surface area contributed by atoms with Crippen molar-refractivity contribution < 1.29 is 4.74 Å². The molecule has 1 aliphatic rings. The maximum atomic E-state index is 5.72. The summed E-state index contributed by atoms with van der Waals surface area (Å²) in [5, 5.41) is 0. The molecule has 0 spiro atoms. The van der Waals surface area contributed by atoms with Gasteiger partial charge in [-0.2, -0.15) is 0 Å². The van der Waals surface area contributed by atoms with Gasteiger partial charge in [0, 0.05) is 24.3 Å². The van der Waals surface area contributed by atoms with Gasteiger partial charge in [0.15, 0.2) is 0 Å². The van der Waals surface area contributed by atoms with Crippen LogP contribution in [0.25, 0.3) is 0 Å². The predicted molar refractivity (Wildman–Crippen MR) is 86.4 cm³/mol. The molecule has 1 aromatic heterocycles. The van der Waals surface area contributed by atoms with Crippen molar-refractivity contribution in [1.82, 2.24) is 9.88 Å². The van der Waals surface area contributed by atoms with Gasteiger partial charge in [-0.1, -0.05) is 31.7 Å². The van der Waals surface area contributed by atoms with E-state index in [-0.39, 0.29) is 0 Å². The summed E-state index contributed by atoms with van der Waals surface area (Å²) >= 11 is 0. The van der Waals surface area contributed by atoms with Gasteiger partial charge in [0.25, 0.3) is 0 Å². The van der Waals surface area contributed by atoms with Gasteiger partial charge < -0.3 is 10.5 Å². The first kappa shape index (κ1) is 16.2. The molecule has 118 valence electrons. The average molecular weight is 291 g/mol. The molecular weight excluding hydrogens is 262 g/mol. The van der Waals surface area contributed by atoms with Crippen molar-refractivity contribution in [3.8, 4) is 5.88 Å². The van der Waals surface area contributed by atoms with Crippen LogP contribution in [0, 0.1) is 0 Å². The average Bonchev–Trinajstić information content (AvgIpc) is 2.81. The second-order valence-electron chi connectivity index (χ2n) is 5.93. The van der Waals surface area contributed by atoms with Crippen LogP contribution < -0.4 is 10.5 Å². The van der Waals surface area contributed by atoms with Gasteiger partial charge in [0.05, 0.1) is 7.11 Å². The number of pyridine rings is 1. The number of nitrogens with zero attached hydrogens (tertiary/aromatic N) is 2. The van der Waals surface area contributed by atoms with Crippen LogP contribution in [0.2, 0.25) is 0 Å². The number of aromatic nitrogens is 1. The topological polar surface area (TPSA) is 51.4 Å². The lowest BCUT2D eigenvalue weighted by atomic mass is 10.1. The Morgan fingerprint density at radius 2 is 2.05 bits per heavy atom. The molecule has 21 heavy (non-hydrogen) atoms. The molecule has 0 bridgehead atoms. The fourth-order valence-corrected chi connectivity index (χ4v) is 3.26. The van der Waals surface area contributed by atoms with E-state index in [4.69, 9.17) is 10.5 Å². The summed E-state index contributed by atoms with van der Waals surface area (Å²) in [5.41, 5.74) is 6.90. The first-order chi connectivity index (χ1) is 10.3. The molecule has 1 fully saturated rings. The van der Waals surface area contributed by atoms with Gasteiger partial charge in [-0.3, -0.25) is 4.90 Å². The van der Waals surface area contributed by atoms with Crippen LogP contribution in [0.4, 0.5) is 0 Å². The minimum Gasteiger partial charge on any atom is -0.481 e. The van der Waals surface area contributed by atoms with Crippen LogP contribution >= 0.6 is 0 Å². The first-order valence-corrected chi connectivity index (χ1v) is 8.27. The number of hydrogen-bond acceptors (Lipinski definition) is 4. The number of ether oxygens (including phenoxy) is 1. The molecule has 1 heterocycles. The molecule has 0 aromatic carbocycles. The first-order valence-electron chi connectivity index (χ1n) is 8.27. The molecule has 0 aliphatic heterocycles. The molecular formula is C17H29N3O. The van der Waals surface area contributed by atoms with E-state index >= 15 is 0 Å². The van der Waals surface area contributed by atoms with Gasteiger partial charge in [0.1, 0.15) is 0 Å². The Hall–Kier alpha value is -1.13. The van der Waals surface area contributed by atoms with E-state index in [9.17, 15) is 0 Å². The fraction of sp³-hybridized carbons (Fsp3) is 0.706. The summed E-state index contributed by atoms with van der Waals surface area (Å²) in [6, 6.07) is 4.80. The summed E-state index contributed by atoms with van der Waals surface area (Å²) in [7, 11) is 1.70. The van der Waals surface area contributed by atoms with Crippen LogP contribution in [0.15, 0.2) is 18.3 Å². The number of rotatable bonds is 7. The lowest BCUT2D eigenvalue weighted by Crippen LogP contribution is -2.36. The molecule has 4 heteroatoms. The molecule has 1 aromatic rings. The largest absolute Gasteiger partial charge is 0.481 e. The normalized spacial score (nSPS) is 16.9. The maximum absolute atomic E-state index is 5.72. The van der Waals surface area contributed by atoms with Gasteiger partial charge in [-0.25, -0.2) is 4.98 Å². The molecule has 2 N–H and O–H groups in total. The highest BCUT2D eigenvalue weighted by molar-refractivity contribution is 5.25. The van der Waals surface area contributed by atoms with Crippen LogP contribution in [0.5, 0.6) is 5.88 Å². The predicted octanol–water partition coefficient (Wildman–Crippen LogP) is 2.96. The Morgan fingerprint density at radius 3 is 2.71 bits per heavy atom. The van der Waals surface area contributed by atoms with Crippen molar-refractivity contribution in [3.63, 3.8) is 0 Å². The van der Waals surface area contributed by atoms with Crippen LogP contribution in [0.1, 0.15) is 50.5 Å². The molecule has 0 atom stereocenters. The Kier molecular flexibility index (Phi) is 6.96. The zero-order valence-corrected chi connectivity index (χ0v) is 13.3. The third-order valence-electron chi connectivity index (χ3n) is 4.41. The minimum absolute atomic E-state index is 0.684. The zero-order valence-electron chi connectivity index (χ0n) is 13.3. The number of methoxy groups -OCH3 is 1. The highest BCUT2D eigenvalue weighted by Crippen LogP contribution is 2.25. The third-order valence-corrected chi connectivity index (χ3v) is 4.41. The quantitative estimate of drug-likeness (QED) is 0.785. The molecule has 0 radical (unpaired) electrons. The van der Waals surface area contributed by atoms with Crippen LogP contribution in [-0.2, 0) is 6.54 Å². The van der Waals surface area contributed by atoms with Gasteiger partial charge in [-0.15, -0.1) is 0 Å². The van der Waals surface area contributed by atoms with E-state index in [2.05, 4.69) is 16.0 Å². The van der Waals surface area contributed by atoms with E-state index in [0.29, 0.717) is 6.04 Å². The number of nitrogens with two attached hydrogens (primary N) is 1. The summed E-state index contributed by atoms with van der Waals surface area (Å²) < 4.78 is 5.40. The Labute approximate surface area is 128 Å². The van der Waals surface area contributed by atoms with Crippen LogP contribution in [0.3, 0.4) is 0 Å². The van der Waals surface area contributed by atoms with Crippen molar-refractivity contribution in [3.05, 3.63) is 23.9 Å². The highest BCUT2D eigenvalue weighted by Gasteiger charge is 2.21. The Balaban J connectivity index is 2.07. The Morgan fingerprint density at radius 1 is 1.29 bits per heavy atom. The van der Waals surface area contributed by atoms with Crippen molar-refractivity contribution in [2.24, 2.45) is 5.73 Å². The van der Waals surface area contributed by atoms with E-state index in [1.807, 2.05) is 6.07 Å². The van der Waals surface area contributed by atoms with Gasteiger partial charge >= 0.3 is 0 Å². The van der Waals surface area contributed by atoms with E-state index < -0.39 is 0 Å². The summed E-state index contributed by atoms with van der Waals surface area (Å²) in [6.45, 7) is 2.74. The minimum atomic E-state index is 0.684. The third kappa shape index (κ3) is 4.97. The van der Waals surface area contributed by atoms with Crippen molar-refractivity contribution in [1.29, 1.82) is 0 Å². The van der Waals surface area contributed by atoms with Crippen molar-refractivity contribution in [2.45, 2.75) is 57.5 Å². The van der Waals surface area contributed by atoms with Gasteiger partial charge in [0.2, 0.25) is 5.88 Å². The Bertz CT molecular complexity index is 403. The van der Waals surface area contributed by atoms with Crippen molar-refractivity contribution in [2.75, 3.05) is 20.2 Å². The lowest BCUT2D eigenvalue weighted by Gasteiger charge is -2.31. The molecule has 1 aliphatic carbocycles. The summed E-state index contributed by atoms with van der Waals surface area (Å²) in [6.07, 6.45) is 11.0. The SMILES string of the molecule is COc1ncccc1CN(CCCN)C1CCCCCC1. The van der Waals surface area contributed by atoms with Crippen LogP contribution in [-0.4, -0.2) is 36.1 Å². The molecule has 0 amide bonds. The molecule has 0 saturated heterocycles. The van der Waals surface area contributed by atoms with Gasteiger partial charge in [-0.05, 0) is 38.4 Å². The van der Waals surface area contributed by atoms with E-state index in [1.54, 1.807) is 13.3 Å². The van der Waals surface area contributed by atoms with Crippen molar-refractivity contribution >= 4 is 0 Å². The highest BCUT2D eigenvalue weighted by atomic mass is 16.5. The second-order valence-corrected chi connectivity index (χ2v) is 5.93. The zero-order chi connectivity index (χ0) is 14.9. The summed E-state index contributed by atoms with van der Waals surface area (Å²) in [4.78, 5) is 6.92. The van der Waals surface area contributed by atoms with E-state index in [0.717, 1.165) is 31.9 Å². The monoisotopic (exact) mass is 291 g/mol. The molecule has 0 unspecified atom stereocenters. The number of hydrogen-bond donors (Lipinski definition) is 1. The fourth-order valence-electron chi connectivity index (χ4n) is 3.26. The maximum Gasteiger partial charge on any atom is 0.217 e. The lowest BCUT2D eigenvalue weighted by molar-refractivity contribution is 0.167. The molecule has 1 saturated carbocycles. The molecule has 4 nitrogen and oxygen atoms in total.